The van der Waals surface area contributed by atoms with Crippen LogP contribution in [0.2, 0.25) is 0 Å². The lowest BCUT2D eigenvalue weighted by Gasteiger charge is -2.25. The molecule has 0 bridgehead atoms. The summed E-state index contributed by atoms with van der Waals surface area (Å²) in [6.45, 7) is 5.32. The number of carboxylic acids is 1. The predicted molar refractivity (Wildman–Crippen MR) is 115 cm³/mol. The Morgan fingerprint density at radius 1 is 1.13 bits per heavy atom. The number of carbonyl (C=O) groups excluding carboxylic acids is 2. The first-order chi connectivity index (χ1) is 14.3. The van der Waals surface area contributed by atoms with E-state index >= 15 is 0 Å². The van der Waals surface area contributed by atoms with E-state index in [0.29, 0.717) is 19.6 Å². The van der Waals surface area contributed by atoms with Gasteiger partial charge in [0.2, 0.25) is 5.91 Å². The van der Waals surface area contributed by atoms with E-state index in [1.54, 1.807) is 23.8 Å². The highest BCUT2D eigenvalue weighted by molar-refractivity contribution is 5.94. The zero-order valence-electron chi connectivity index (χ0n) is 18.1. The fraction of sp³-hybridized carbons (Fsp3) is 0.591. The van der Waals surface area contributed by atoms with Gasteiger partial charge in [-0.15, -0.1) is 0 Å². The minimum atomic E-state index is -0.931. The molecule has 1 N–H and O–H groups in total. The van der Waals surface area contributed by atoms with Gasteiger partial charge in [-0.25, -0.2) is 4.79 Å². The number of rotatable bonds is 7. The Kier molecular flexibility index (Phi) is 6.97. The molecule has 164 valence electrons. The number of benzene rings is 1. The highest BCUT2D eigenvalue weighted by Gasteiger charge is 2.30. The SMILES string of the molecule is CC(CC(=O)O)N(C)C(=O)CCN1CCN(c2ccc3c(c2)CCN(C)CC3)C1=O. The summed E-state index contributed by atoms with van der Waals surface area (Å²) in [6.07, 6.45) is 2.12. The smallest absolute Gasteiger partial charge is 0.324 e. The molecule has 1 unspecified atom stereocenters. The lowest BCUT2D eigenvalue weighted by Crippen LogP contribution is -2.39. The van der Waals surface area contributed by atoms with Crippen molar-refractivity contribution < 1.29 is 19.5 Å². The van der Waals surface area contributed by atoms with Crippen molar-refractivity contribution in [3.05, 3.63) is 29.3 Å². The number of likely N-dealkylation sites (N-methyl/N-ethyl adjacent to an activating group) is 1. The van der Waals surface area contributed by atoms with E-state index < -0.39 is 5.97 Å². The number of urea groups is 1. The fourth-order valence-electron chi connectivity index (χ4n) is 4.06. The molecule has 0 spiro atoms. The Labute approximate surface area is 178 Å². The molecular weight excluding hydrogens is 384 g/mol. The number of fused-ring (bicyclic) bond motifs is 1. The summed E-state index contributed by atoms with van der Waals surface area (Å²) in [7, 11) is 3.75. The molecule has 8 nitrogen and oxygen atoms in total. The summed E-state index contributed by atoms with van der Waals surface area (Å²) in [6, 6.07) is 5.86. The van der Waals surface area contributed by atoms with Crippen LogP contribution in [0.4, 0.5) is 10.5 Å². The van der Waals surface area contributed by atoms with Gasteiger partial charge < -0.3 is 19.8 Å². The first kappa shape index (κ1) is 22.1. The molecule has 1 atom stereocenters. The molecule has 3 amide bonds. The zero-order chi connectivity index (χ0) is 21.8. The number of aliphatic carboxylic acids is 1. The summed E-state index contributed by atoms with van der Waals surface area (Å²) in [5.74, 6) is -1.08. The van der Waals surface area contributed by atoms with E-state index in [0.717, 1.165) is 31.6 Å². The molecule has 2 heterocycles. The van der Waals surface area contributed by atoms with Crippen LogP contribution in [0.5, 0.6) is 0 Å². The van der Waals surface area contributed by atoms with Crippen LogP contribution in [0, 0.1) is 0 Å². The maximum Gasteiger partial charge on any atom is 0.324 e. The minimum Gasteiger partial charge on any atom is -0.481 e. The molecule has 0 radical (unpaired) electrons. The van der Waals surface area contributed by atoms with Crippen LogP contribution in [-0.4, -0.2) is 90.6 Å². The number of hydrogen-bond acceptors (Lipinski definition) is 4. The molecule has 0 aliphatic carbocycles. The standard InChI is InChI=1S/C22H32N4O4/c1-16(14-21(28)29)24(3)20(27)8-11-25-12-13-26(22(25)30)19-5-4-17-6-9-23(2)10-7-18(17)15-19/h4-5,15-16H,6-14H2,1-3H3,(H,28,29). The van der Waals surface area contributed by atoms with Crippen LogP contribution in [-0.2, 0) is 22.4 Å². The van der Waals surface area contributed by atoms with Gasteiger partial charge in [0.1, 0.15) is 0 Å². The number of anilines is 1. The van der Waals surface area contributed by atoms with Crippen LogP contribution in [0.25, 0.3) is 0 Å². The van der Waals surface area contributed by atoms with Crippen molar-refractivity contribution >= 4 is 23.6 Å². The van der Waals surface area contributed by atoms with E-state index in [-0.39, 0.29) is 30.8 Å². The van der Waals surface area contributed by atoms with Gasteiger partial charge in [-0.2, -0.15) is 0 Å². The average Bonchev–Trinajstić information content (AvgIpc) is 2.97. The normalized spacial score (nSPS) is 18.2. The van der Waals surface area contributed by atoms with Gasteiger partial charge >= 0.3 is 12.0 Å². The lowest BCUT2D eigenvalue weighted by molar-refractivity contribution is -0.139. The topological polar surface area (TPSA) is 84.4 Å². The van der Waals surface area contributed by atoms with Gasteiger partial charge in [0, 0.05) is 57.9 Å². The van der Waals surface area contributed by atoms with Gasteiger partial charge in [0.05, 0.1) is 6.42 Å². The van der Waals surface area contributed by atoms with Crippen molar-refractivity contribution in [2.75, 3.05) is 51.7 Å². The Bertz CT molecular complexity index is 812. The molecule has 30 heavy (non-hydrogen) atoms. The third-order valence-corrected chi connectivity index (χ3v) is 6.24. The molecule has 0 saturated carbocycles. The van der Waals surface area contributed by atoms with E-state index in [1.165, 1.54) is 16.0 Å². The second-order valence-corrected chi connectivity index (χ2v) is 8.38. The Morgan fingerprint density at radius 3 is 2.53 bits per heavy atom. The average molecular weight is 417 g/mol. The second-order valence-electron chi connectivity index (χ2n) is 8.38. The highest BCUT2D eigenvalue weighted by atomic mass is 16.4. The zero-order valence-corrected chi connectivity index (χ0v) is 18.1. The monoisotopic (exact) mass is 416 g/mol. The quantitative estimate of drug-likeness (QED) is 0.731. The summed E-state index contributed by atoms with van der Waals surface area (Å²) >= 11 is 0. The molecule has 1 saturated heterocycles. The summed E-state index contributed by atoms with van der Waals surface area (Å²) < 4.78 is 0. The van der Waals surface area contributed by atoms with E-state index in [9.17, 15) is 14.4 Å². The number of amides is 3. The molecular formula is C22H32N4O4. The van der Waals surface area contributed by atoms with Crippen LogP contribution in [0.15, 0.2) is 18.2 Å². The Morgan fingerprint density at radius 2 is 1.83 bits per heavy atom. The van der Waals surface area contributed by atoms with Gasteiger partial charge in [-0.1, -0.05) is 6.07 Å². The molecule has 1 aromatic carbocycles. The van der Waals surface area contributed by atoms with Crippen LogP contribution in [0.3, 0.4) is 0 Å². The maximum absolute atomic E-state index is 12.9. The van der Waals surface area contributed by atoms with Crippen molar-refractivity contribution in [1.29, 1.82) is 0 Å². The van der Waals surface area contributed by atoms with Gasteiger partial charge in [0.15, 0.2) is 0 Å². The largest absolute Gasteiger partial charge is 0.481 e. The second kappa shape index (κ2) is 9.47. The van der Waals surface area contributed by atoms with Gasteiger partial charge in [-0.3, -0.25) is 14.5 Å². The number of hydrogen-bond donors (Lipinski definition) is 1. The molecule has 2 aliphatic rings. The number of nitrogens with zero attached hydrogens (tertiary/aromatic N) is 4. The van der Waals surface area contributed by atoms with Gasteiger partial charge in [-0.05, 0) is 50.1 Å². The molecule has 2 aliphatic heterocycles. The predicted octanol–water partition coefficient (Wildman–Crippen LogP) is 1.67. The van der Waals surface area contributed by atoms with E-state index in [2.05, 4.69) is 24.1 Å². The van der Waals surface area contributed by atoms with Crippen LogP contribution < -0.4 is 4.90 Å². The first-order valence-electron chi connectivity index (χ1n) is 10.6. The highest BCUT2D eigenvalue weighted by Crippen LogP contribution is 2.26. The Balaban J connectivity index is 1.57. The molecule has 1 fully saturated rings. The third-order valence-electron chi connectivity index (χ3n) is 6.24. The number of carboxylic acid groups (broad SMARTS) is 1. The Hall–Kier alpha value is -2.61. The fourth-order valence-corrected chi connectivity index (χ4v) is 4.06. The van der Waals surface area contributed by atoms with Crippen LogP contribution in [0.1, 0.15) is 30.9 Å². The molecule has 0 aromatic heterocycles. The molecule has 1 aromatic rings. The van der Waals surface area contributed by atoms with E-state index in [4.69, 9.17) is 5.11 Å². The lowest BCUT2D eigenvalue weighted by atomic mass is 10.0. The maximum atomic E-state index is 12.9. The third kappa shape index (κ3) is 5.11. The summed E-state index contributed by atoms with van der Waals surface area (Å²) in [5, 5.41) is 8.89. The first-order valence-corrected chi connectivity index (χ1v) is 10.6. The number of carbonyl (C=O) groups is 3. The summed E-state index contributed by atoms with van der Waals surface area (Å²) in [4.78, 5) is 43.4. The van der Waals surface area contributed by atoms with E-state index in [1.807, 2.05) is 6.07 Å². The van der Waals surface area contributed by atoms with Gasteiger partial charge in [0.25, 0.3) is 0 Å². The minimum absolute atomic E-state index is 0.0743. The van der Waals surface area contributed by atoms with Crippen molar-refractivity contribution in [2.45, 2.75) is 38.6 Å². The molecule has 3 rings (SSSR count). The molecule has 8 heteroatoms. The van der Waals surface area contributed by atoms with Crippen molar-refractivity contribution in [3.8, 4) is 0 Å². The van der Waals surface area contributed by atoms with Crippen molar-refractivity contribution in [1.82, 2.24) is 14.7 Å². The summed E-state index contributed by atoms with van der Waals surface area (Å²) in [5.41, 5.74) is 3.59. The van der Waals surface area contributed by atoms with Crippen LogP contribution >= 0.6 is 0 Å². The van der Waals surface area contributed by atoms with Crippen molar-refractivity contribution in [3.63, 3.8) is 0 Å². The van der Waals surface area contributed by atoms with Crippen molar-refractivity contribution in [2.24, 2.45) is 0 Å².